The zero-order valence-electron chi connectivity index (χ0n) is 15.6. The molecule has 1 aromatic carbocycles. The van der Waals surface area contributed by atoms with Gasteiger partial charge in [0.15, 0.2) is 0 Å². The quantitative estimate of drug-likeness (QED) is 0.638. The van der Waals surface area contributed by atoms with Crippen molar-refractivity contribution in [1.29, 1.82) is 0 Å². The molecule has 7 heteroatoms. The van der Waals surface area contributed by atoms with Gasteiger partial charge in [-0.15, -0.1) is 13.2 Å². The Balaban J connectivity index is 1.86. The summed E-state index contributed by atoms with van der Waals surface area (Å²) in [4.78, 5) is 6.22. The molecule has 3 aromatic rings. The highest BCUT2D eigenvalue weighted by atomic mass is 19.4. The number of benzene rings is 1. The fraction of sp³-hybridized carbons (Fsp3) is 0.286. The van der Waals surface area contributed by atoms with Crippen LogP contribution in [0.2, 0.25) is 0 Å². The molecule has 3 heterocycles. The molecule has 0 saturated carbocycles. The highest BCUT2D eigenvalue weighted by molar-refractivity contribution is 5.91. The van der Waals surface area contributed by atoms with Gasteiger partial charge in [-0.05, 0) is 61.0 Å². The molecule has 2 aromatic heterocycles. The zero-order chi connectivity index (χ0) is 19.9. The fourth-order valence-corrected chi connectivity index (χ4v) is 3.73. The molecule has 0 aliphatic carbocycles. The number of alkyl halides is 3. The lowest BCUT2D eigenvalue weighted by molar-refractivity contribution is -0.274. The average Bonchev–Trinajstić information content (AvgIpc) is 2.94. The summed E-state index contributed by atoms with van der Waals surface area (Å²) in [6.07, 6.45) is 1.66. The molecule has 146 valence electrons. The molecule has 4 rings (SSSR count). The molecular weight excluding hydrogens is 367 g/mol. The average molecular weight is 387 g/mol. The van der Waals surface area contributed by atoms with E-state index in [9.17, 15) is 13.2 Å². The predicted octanol–water partition coefficient (Wildman–Crippen LogP) is 4.94. The maximum absolute atomic E-state index is 12.7. The van der Waals surface area contributed by atoms with Gasteiger partial charge in [0.1, 0.15) is 5.75 Å². The first-order valence-electron chi connectivity index (χ1n) is 9.00. The molecule has 28 heavy (non-hydrogen) atoms. The van der Waals surface area contributed by atoms with Crippen LogP contribution in [0, 0.1) is 0 Å². The number of nitrogens with zero attached hydrogens (tertiary/aromatic N) is 3. The lowest BCUT2D eigenvalue weighted by atomic mass is 10.0. The lowest BCUT2D eigenvalue weighted by Gasteiger charge is -2.23. The molecule has 0 radical (unpaired) electrons. The first-order valence-corrected chi connectivity index (χ1v) is 9.00. The third-order valence-electron chi connectivity index (χ3n) is 5.04. The van der Waals surface area contributed by atoms with Gasteiger partial charge in [0.05, 0.1) is 5.52 Å². The summed E-state index contributed by atoms with van der Waals surface area (Å²) >= 11 is 0. The topological polar surface area (TPSA) is 30.3 Å². The number of pyridine rings is 1. The molecule has 1 aliphatic heterocycles. The van der Waals surface area contributed by atoms with Gasteiger partial charge in [0.2, 0.25) is 0 Å². The normalized spacial score (nSPS) is 15.7. The van der Waals surface area contributed by atoms with E-state index in [0.717, 1.165) is 46.3 Å². The van der Waals surface area contributed by atoms with Crippen molar-refractivity contribution >= 4 is 22.7 Å². The smallest absolute Gasteiger partial charge is 0.406 e. The van der Waals surface area contributed by atoms with Crippen LogP contribution in [0.25, 0.3) is 22.7 Å². The summed E-state index contributed by atoms with van der Waals surface area (Å²) in [5, 5.41) is 0.794. The summed E-state index contributed by atoms with van der Waals surface area (Å²) in [5.74, 6) is -0.192. The Morgan fingerprint density at radius 3 is 2.64 bits per heavy atom. The minimum absolute atomic E-state index is 0.192. The lowest BCUT2D eigenvalue weighted by Crippen LogP contribution is -2.26. The number of hydrogen-bond acceptors (Lipinski definition) is 3. The Hall–Kier alpha value is -2.80. The number of fused-ring (bicyclic) bond motifs is 3. The Kier molecular flexibility index (Phi) is 4.63. The van der Waals surface area contributed by atoms with Gasteiger partial charge < -0.3 is 14.2 Å². The van der Waals surface area contributed by atoms with Crippen molar-refractivity contribution in [3.8, 4) is 5.75 Å². The molecule has 0 saturated heterocycles. The predicted molar refractivity (Wildman–Crippen MR) is 103 cm³/mol. The molecule has 0 N–H and O–H groups in total. The second-order valence-corrected chi connectivity index (χ2v) is 7.06. The van der Waals surface area contributed by atoms with Crippen LogP contribution in [0.3, 0.4) is 0 Å². The summed E-state index contributed by atoms with van der Waals surface area (Å²) in [5.41, 5.74) is 5.16. The van der Waals surface area contributed by atoms with Crippen molar-refractivity contribution in [3.63, 3.8) is 0 Å². The SMILES string of the molecule is C/C(=C/n1c2c(c3cc(OC(F)(F)F)ccc31)CN(C)CC2)c1ccncc1. The van der Waals surface area contributed by atoms with Crippen LogP contribution in [-0.4, -0.2) is 34.4 Å². The second-order valence-electron chi connectivity index (χ2n) is 7.06. The van der Waals surface area contributed by atoms with E-state index in [-0.39, 0.29) is 5.75 Å². The number of aromatic nitrogens is 2. The number of rotatable bonds is 3. The highest BCUT2D eigenvalue weighted by Crippen LogP contribution is 2.35. The molecule has 0 bridgehead atoms. The molecule has 0 atom stereocenters. The minimum Gasteiger partial charge on any atom is -0.406 e. The molecule has 0 spiro atoms. The Bertz CT molecular complexity index is 1040. The number of hydrogen-bond donors (Lipinski definition) is 0. The Morgan fingerprint density at radius 2 is 1.93 bits per heavy atom. The monoisotopic (exact) mass is 387 g/mol. The van der Waals surface area contributed by atoms with E-state index in [1.54, 1.807) is 18.5 Å². The van der Waals surface area contributed by atoms with E-state index < -0.39 is 6.36 Å². The first-order chi connectivity index (χ1) is 13.3. The van der Waals surface area contributed by atoms with Gasteiger partial charge >= 0.3 is 6.36 Å². The molecule has 4 nitrogen and oxygen atoms in total. The largest absolute Gasteiger partial charge is 0.573 e. The summed E-state index contributed by atoms with van der Waals surface area (Å²) < 4.78 is 44.2. The van der Waals surface area contributed by atoms with Crippen LogP contribution in [0.5, 0.6) is 5.75 Å². The van der Waals surface area contributed by atoms with E-state index in [0.29, 0.717) is 6.54 Å². The van der Waals surface area contributed by atoms with Gasteiger partial charge in [-0.2, -0.15) is 0 Å². The van der Waals surface area contributed by atoms with Crippen molar-refractivity contribution in [1.82, 2.24) is 14.5 Å². The number of likely N-dealkylation sites (N-methyl/N-ethyl adjacent to an activating group) is 1. The van der Waals surface area contributed by atoms with Crippen LogP contribution >= 0.6 is 0 Å². The van der Waals surface area contributed by atoms with Crippen molar-refractivity contribution in [2.45, 2.75) is 26.3 Å². The molecule has 0 unspecified atom stereocenters. The highest BCUT2D eigenvalue weighted by Gasteiger charge is 2.31. The zero-order valence-corrected chi connectivity index (χ0v) is 15.6. The molecule has 0 fully saturated rings. The van der Waals surface area contributed by atoms with Gasteiger partial charge in [-0.3, -0.25) is 4.98 Å². The van der Waals surface area contributed by atoms with E-state index in [1.165, 1.54) is 12.1 Å². The fourth-order valence-electron chi connectivity index (χ4n) is 3.73. The first kappa shape index (κ1) is 18.6. The molecule has 0 amide bonds. The molecule has 1 aliphatic rings. The van der Waals surface area contributed by atoms with Crippen LogP contribution in [0.15, 0.2) is 42.7 Å². The maximum atomic E-state index is 12.7. The van der Waals surface area contributed by atoms with Crippen molar-refractivity contribution in [2.24, 2.45) is 0 Å². The van der Waals surface area contributed by atoms with Crippen LogP contribution in [-0.2, 0) is 13.0 Å². The van der Waals surface area contributed by atoms with E-state index in [1.807, 2.05) is 32.3 Å². The van der Waals surface area contributed by atoms with Gasteiger partial charge in [-0.25, -0.2) is 0 Å². The van der Waals surface area contributed by atoms with E-state index in [2.05, 4.69) is 19.2 Å². The van der Waals surface area contributed by atoms with Gasteiger partial charge in [0, 0.05) is 49.2 Å². The van der Waals surface area contributed by atoms with E-state index >= 15 is 0 Å². The maximum Gasteiger partial charge on any atom is 0.573 e. The summed E-state index contributed by atoms with van der Waals surface area (Å²) in [6.45, 7) is 3.61. The Labute approximate surface area is 160 Å². The van der Waals surface area contributed by atoms with Gasteiger partial charge in [-0.1, -0.05) is 0 Å². The van der Waals surface area contributed by atoms with E-state index in [4.69, 9.17) is 0 Å². The third kappa shape index (κ3) is 3.62. The van der Waals surface area contributed by atoms with Crippen molar-refractivity contribution in [3.05, 3.63) is 59.5 Å². The summed E-state index contributed by atoms with van der Waals surface area (Å²) in [6, 6.07) is 8.44. The van der Waals surface area contributed by atoms with Crippen molar-refractivity contribution in [2.75, 3.05) is 13.6 Å². The third-order valence-corrected chi connectivity index (χ3v) is 5.04. The van der Waals surface area contributed by atoms with Crippen molar-refractivity contribution < 1.29 is 17.9 Å². The summed E-state index contributed by atoms with van der Waals surface area (Å²) in [7, 11) is 2.01. The number of allylic oxidation sites excluding steroid dienone is 1. The second kappa shape index (κ2) is 6.98. The van der Waals surface area contributed by atoms with Crippen LogP contribution < -0.4 is 4.74 Å². The van der Waals surface area contributed by atoms with Crippen LogP contribution in [0.1, 0.15) is 23.7 Å². The van der Waals surface area contributed by atoms with Crippen LogP contribution in [0.4, 0.5) is 13.2 Å². The number of halogens is 3. The number of ether oxygens (including phenoxy) is 1. The standard InChI is InChI=1S/C21H20F3N3O/c1-14(15-5-8-25-9-6-15)12-27-19-4-3-16(28-21(22,23)24)11-17(19)18-13-26(2)10-7-20(18)27/h3-6,8-9,11-12H,7,10,13H2,1-2H3/b14-12-. The Morgan fingerprint density at radius 1 is 1.18 bits per heavy atom. The van der Waals surface area contributed by atoms with Gasteiger partial charge in [0.25, 0.3) is 0 Å². The minimum atomic E-state index is -4.70. The molecular formula is C21H20F3N3O.